The summed E-state index contributed by atoms with van der Waals surface area (Å²) in [7, 11) is 0. The molecule has 2 atom stereocenters. The Labute approximate surface area is 94.6 Å². The second-order valence-corrected chi connectivity index (χ2v) is 4.99. The van der Waals surface area contributed by atoms with Crippen molar-refractivity contribution >= 4 is 11.8 Å². The van der Waals surface area contributed by atoms with Gasteiger partial charge in [-0.05, 0) is 12.5 Å². The number of benzene rings is 1. The average molecular weight is 224 g/mol. The number of aryl methyl sites for hydroxylation is 1. The van der Waals surface area contributed by atoms with Gasteiger partial charge >= 0.3 is 0 Å². The molecule has 1 N–H and O–H groups in total. The predicted octanol–water partition coefficient (Wildman–Crippen LogP) is 2.16. The summed E-state index contributed by atoms with van der Waals surface area (Å²) >= 11 is 1.85. The standard InChI is InChI=1S/C12H16O2S/c1-9-3-2-4-10(7-9)12(13)11-8-15-6-5-14-11/h2-4,7,11-13H,5-6,8H2,1H3. The van der Waals surface area contributed by atoms with E-state index in [-0.39, 0.29) is 6.10 Å². The zero-order chi connectivity index (χ0) is 10.7. The fraction of sp³-hybridized carbons (Fsp3) is 0.500. The third-order valence-electron chi connectivity index (χ3n) is 2.58. The van der Waals surface area contributed by atoms with E-state index in [4.69, 9.17) is 4.74 Å². The number of hydrogen-bond acceptors (Lipinski definition) is 3. The van der Waals surface area contributed by atoms with Gasteiger partial charge in [-0.15, -0.1) is 0 Å². The minimum absolute atomic E-state index is 0.0504. The molecule has 1 aliphatic rings. The van der Waals surface area contributed by atoms with E-state index in [1.54, 1.807) is 0 Å². The van der Waals surface area contributed by atoms with Gasteiger partial charge in [0.25, 0.3) is 0 Å². The molecule has 15 heavy (non-hydrogen) atoms. The molecule has 0 radical (unpaired) electrons. The van der Waals surface area contributed by atoms with Crippen LogP contribution in [-0.2, 0) is 4.74 Å². The summed E-state index contributed by atoms with van der Waals surface area (Å²) in [6, 6.07) is 7.99. The predicted molar refractivity (Wildman–Crippen MR) is 63.2 cm³/mol. The molecule has 3 heteroatoms. The van der Waals surface area contributed by atoms with Gasteiger partial charge in [-0.25, -0.2) is 0 Å². The van der Waals surface area contributed by atoms with Crippen molar-refractivity contribution in [3.05, 3.63) is 35.4 Å². The zero-order valence-electron chi connectivity index (χ0n) is 8.85. The Morgan fingerprint density at radius 3 is 3.07 bits per heavy atom. The number of aliphatic hydroxyl groups is 1. The van der Waals surface area contributed by atoms with E-state index in [1.165, 1.54) is 5.56 Å². The lowest BCUT2D eigenvalue weighted by molar-refractivity contribution is -0.0227. The van der Waals surface area contributed by atoms with Crippen molar-refractivity contribution in [3.63, 3.8) is 0 Å². The molecule has 0 amide bonds. The van der Waals surface area contributed by atoms with Gasteiger partial charge in [0.15, 0.2) is 0 Å². The van der Waals surface area contributed by atoms with Gasteiger partial charge in [-0.1, -0.05) is 29.8 Å². The van der Waals surface area contributed by atoms with Crippen molar-refractivity contribution in [2.75, 3.05) is 18.1 Å². The number of rotatable bonds is 2. The molecule has 2 rings (SSSR count). The van der Waals surface area contributed by atoms with Crippen LogP contribution in [0.1, 0.15) is 17.2 Å². The van der Waals surface area contributed by atoms with Crippen LogP contribution in [0.3, 0.4) is 0 Å². The quantitative estimate of drug-likeness (QED) is 0.834. The van der Waals surface area contributed by atoms with Crippen LogP contribution in [-0.4, -0.2) is 29.3 Å². The minimum atomic E-state index is -0.488. The Morgan fingerprint density at radius 2 is 2.40 bits per heavy atom. The number of ether oxygens (including phenoxy) is 1. The Balaban J connectivity index is 2.08. The van der Waals surface area contributed by atoms with E-state index >= 15 is 0 Å². The summed E-state index contributed by atoms with van der Waals surface area (Å²) < 4.78 is 5.56. The van der Waals surface area contributed by atoms with Crippen LogP contribution in [0.5, 0.6) is 0 Å². The van der Waals surface area contributed by atoms with Crippen molar-refractivity contribution < 1.29 is 9.84 Å². The van der Waals surface area contributed by atoms with E-state index in [9.17, 15) is 5.11 Å². The van der Waals surface area contributed by atoms with Gasteiger partial charge in [0.2, 0.25) is 0 Å². The van der Waals surface area contributed by atoms with Crippen LogP contribution in [0, 0.1) is 6.92 Å². The molecule has 1 aliphatic heterocycles. The molecule has 1 fully saturated rings. The minimum Gasteiger partial charge on any atom is -0.386 e. The summed E-state index contributed by atoms with van der Waals surface area (Å²) in [5.41, 5.74) is 2.14. The van der Waals surface area contributed by atoms with Gasteiger partial charge in [0.1, 0.15) is 6.10 Å². The maximum atomic E-state index is 10.1. The molecule has 1 aromatic carbocycles. The number of hydrogen-bond donors (Lipinski definition) is 1. The normalized spacial score (nSPS) is 23.7. The summed E-state index contributed by atoms with van der Waals surface area (Å²) in [6.07, 6.45) is -0.539. The molecular weight excluding hydrogens is 208 g/mol. The van der Waals surface area contributed by atoms with Gasteiger partial charge < -0.3 is 9.84 Å². The third kappa shape index (κ3) is 2.74. The Morgan fingerprint density at radius 1 is 1.53 bits per heavy atom. The monoisotopic (exact) mass is 224 g/mol. The molecule has 82 valence electrons. The Kier molecular flexibility index (Phi) is 3.67. The van der Waals surface area contributed by atoms with E-state index in [2.05, 4.69) is 0 Å². The second-order valence-electron chi connectivity index (χ2n) is 3.84. The maximum absolute atomic E-state index is 10.1. The first kappa shape index (κ1) is 11.0. The molecule has 2 nitrogen and oxygen atoms in total. The second kappa shape index (κ2) is 5.01. The van der Waals surface area contributed by atoms with Crippen LogP contribution in [0.25, 0.3) is 0 Å². The maximum Gasteiger partial charge on any atom is 0.106 e. The molecule has 1 aromatic rings. The SMILES string of the molecule is Cc1cccc(C(O)C2CSCCO2)c1. The number of aliphatic hydroxyl groups excluding tert-OH is 1. The van der Waals surface area contributed by atoms with E-state index in [0.717, 1.165) is 23.7 Å². The summed E-state index contributed by atoms with van der Waals surface area (Å²) in [4.78, 5) is 0. The number of thioether (sulfide) groups is 1. The van der Waals surface area contributed by atoms with Crippen molar-refractivity contribution in [1.29, 1.82) is 0 Å². The van der Waals surface area contributed by atoms with Crippen LogP contribution in [0.2, 0.25) is 0 Å². The molecule has 1 saturated heterocycles. The van der Waals surface area contributed by atoms with Gasteiger partial charge in [-0.3, -0.25) is 0 Å². The molecule has 0 aromatic heterocycles. The van der Waals surface area contributed by atoms with Crippen LogP contribution >= 0.6 is 11.8 Å². The van der Waals surface area contributed by atoms with E-state index < -0.39 is 6.10 Å². The van der Waals surface area contributed by atoms with Crippen molar-refractivity contribution in [2.45, 2.75) is 19.1 Å². The molecule has 0 bridgehead atoms. The lowest BCUT2D eigenvalue weighted by Gasteiger charge is -2.27. The molecule has 2 unspecified atom stereocenters. The van der Waals surface area contributed by atoms with Crippen molar-refractivity contribution in [2.24, 2.45) is 0 Å². The summed E-state index contributed by atoms with van der Waals surface area (Å²) in [6.45, 7) is 2.78. The highest BCUT2D eigenvalue weighted by Gasteiger charge is 2.24. The van der Waals surface area contributed by atoms with Crippen LogP contribution in [0.15, 0.2) is 24.3 Å². The highest BCUT2D eigenvalue weighted by molar-refractivity contribution is 7.99. The molecule has 0 aliphatic carbocycles. The van der Waals surface area contributed by atoms with Crippen LogP contribution < -0.4 is 0 Å². The summed E-state index contributed by atoms with van der Waals surface area (Å²) in [5, 5.41) is 10.1. The van der Waals surface area contributed by atoms with Gasteiger partial charge in [0, 0.05) is 11.5 Å². The fourth-order valence-corrected chi connectivity index (χ4v) is 2.65. The highest BCUT2D eigenvalue weighted by Crippen LogP contribution is 2.25. The van der Waals surface area contributed by atoms with Crippen molar-refractivity contribution in [3.8, 4) is 0 Å². The summed E-state index contributed by atoms with van der Waals surface area (Å²) in [5.74, 6) is 1.92. The first-order chi connectivity index (χ1) is 7.27. The first-order valence-corrected chi connectivity index (χ1v) is 6.37. The third-order valence-corrected chi connectivity index (χ3v) is 3.60. The Hall–Kier alpha value is -0.510. The largest absolute Gasteiger partial charge is 0.386 e. The molecular formula is C12H16O2S. The molecule has 0 saturated carbocycles. The lowest BCUT2D eigenvalue weighted by atomic mass is 10.0. The average Bonchev–Trinajstić information content (AvgIpc) is 2.29. The topological polar surface area (TPSA) is 29.5 Å². The molecule has 1 heterocycles. The smallest absolute Gasteiger partial charge is 0.106 e. The van der Waals surface area contributed by atoms with Gasteiger partial charge in [0.05, 0.1) is 12.7 Å². The Bertz CT molecular complexity index is 321. The fourth-order valence-electron chi connectivity index (χ4n) is 1.76. The zero-order valence-corrected chi connectivity index (χ0v) is 9.67. The van der Waals surface area contributed by atoms with Gasteiger partial charge in [-0.2, -0.15) is 11.8 Å². The van der Waals surface area contributed by atoms with E-state index in [1.807, 2.05) is 43.0 Å². The van der Waals surface area contributed by atoms with Crippen molar-refractivity contribution in [1.82, 2.24) is 0 Å². The van der Waals surface area contributed by atoms with E-state index in [0.29, 0.717) is 0 Å². The first-order valence-electron chi connectivity index (χ1n) is 5.21. The highest BCUT2D eigenvalue weighted by atomic mass is 32.2. The lowest BCUT2D eigenvalue weighted by Crippen LogP contribution is -2.29. The van der Waals surface area contributed by atoms with Crippen LogP contribution in [0.4, 0.5) is 0 Å². The molecule has 0 spiro atoms.